The molecule has 0 aromatic heterocycles. The van der Waals surface area contributed by atoms with Crippen LogP contribution in [-0.2, 0) is 4.74 Å². The normalized spacial score (nSPS) is 26.4. The van der Waals surface area contributed by atoms with Crippen molar-refractivity contribution in [2.24, 2.45) is 5.73 Å². The van der Waals surface area contributed by atoms with Gasteiger partial charge in [-0.25, -0.2) is 4.39 Å². The minimum atomic E-state index is -0.259. The Bertz CT molecular complexity index is 429. The molecular weight excluding hydrogens is 221 g/mol. The number of nitrogens with two attached hydrogens (primary N) is 1. The van der Waals surface area contributed by atoms with Crippen molar-refractivity contribution in [1.82, 2.24) is 0 Å². The highest BCUT2D eigenvalue weighted by Gasteiger charge is 2.41. The van der Waals surface area contributed by atoms with E-state index in [9.17, 15) is 4.39 Å². The standard InChI is InChI=1S/C13H16FNO2/c14-9-1-2-12-10(7-9)11(15)8-13(17-12)3-5-16-6-4-13/h1-2,7,11H,3-6,8,15H2/t11-/m0/s1. The smallest absolute Gasteiger partial charge is 0.125 e. The number of rotatable bonds is 0. The predicted octanol–water partition coefficient (Wildman–Crippen LogP) is 2.16. The van der Waals surface area contributed by atoms with Gasteiger partial charge in [0.05, 0.1) is 13.2 Å². The van der Waals surface area contributed by atoms with E-state index in [1.165, 1.54) is 12.1 Å². The van der Waals surface area contributed by atoms with Gasteiger partial charge in [0, 0.05) is 30.9 Å². The minimum Gasteiger partial charge on any atom is -0.487 e. The quantitative estimate of drug-likeness (QED) is 0.752. The summed E-state index contributed by atoms with van der Waals surface area (Å²) in [6.45, 7) is 1.42. The number of ether oxygens (including phenoxy) is 2. The molecule has 2 N–H and O–H groups in total. The molecule has 3 rings (SSSR count). The number of hydrogen-bond acceptors (Lipinski definition) is 3. The van der Waals surface area contributed by atoms with E-state index in [1.807, 2.05) is 0 Å². The lowest BCUT2D eigenvalue weighted by atomic mass is 9.82. The third-order valence-corrected chi connectivity index (χ3v) is 3.69. The van der Waals surface area contributed by atoms with Gasteiger partial charge >= 0.3 is 0 Å². The molecule has 1 atom stereocenters. The van der Waals surface area contributed by atoms with Crippen LogP contribution in [-0.4, -0.2) is 18.8 Å². The molecule has 2 aliphatic rings. The van der Waals surface area contributed by atoms with E-state index in [2.05, 4.69) is 0 Å². The molecule has 17 heavy (non-hydrogen) atoms. The summed E-state index contributed by atoms with van der Waals surface area (Å²) in [6, 6.07) is 4.43. The number of hydrogen-bond donors (Lipinski definition) is 1. The van der Waals surface area contributed by atoms with Gasteiger partial charge in [0.25, 0.3) is 0 Å². The SMILES string of the molecule is N[C@H]1CC2(CCOCC2)Oc2ccc(F)cc21. The van der Waals surface area contributed by atoms with Crippen LogP contribution in [0.15, 0.2) is 18.2 Å². The molecule has 2 aliphatic heterocycles. The van der Waals surface area contributed by atoms with Gasteiger partial charge < -0.3 is 15.2 Å². The maximum absolute atomic E-state index is 13.2. The van der Waals surface area contributed by atoms with Gasteiger partial charge in [-0.05, 0) is 18.2 Å². The van der Waals surface area contributed by atoms with Gasteiger partial charge in [0.15, 0.2) is 0 Å². The lowest BCUT2D eigenvalue weighted by molar-refractivity contribution is -0.0621. The Balaban J connectivity index is 1.94. The van der Waals surface area contributed by atoms with E-state index in [4.69, 9.17) is 15.2 Å². The summed E-state index contributed by atoms with van der Waals surface area (Å²) < 4.78 is 24.6. The molecule has 1 fully saturated rings. The zero-order chi connectivity index (χ0) is 11.9. The summed E-state index contributed by atoms with van der Waals surface area (Å²) in [5.74, 6) is 0.470. The molecule has 1 aromatic carbocycles. The zero-order valence-electron chi connectivity index (χ0n) is 9.62. The molecule has 1 spiro atoms. The van der Waals surface area contributed by atoms with Gasteiger partial charge in [-0.2, -0.15) is 0 Å². The van der Waals surface area contributed by atoms with Crippen molar-refractivity contribution in [3.8, 4) is 5.75 Å². The van der Waals surface area contributed by atoms with Crippen molar-refractivity contribution >= 4 is 0 Å². The Labute approximate surface area is 99.7 Å². The summed E-state index contributed by atoms with van der Waals surface area (Å²) in [5, 5.41) is 0. The largest absolute Gasteiger partial charge is 0.487 e. The summed E-state index contributed by atoms with van der Waals surface area (Å²) in [5.41, 5.74) is 6.71. The van der Waals surface area contributed by atoms with Crippen LogP contribution in [0.5, 0.6) is 5.75 Å². The molecule has 0 amide bonds. The van der Waals surface area contributed by atoms with Crippen LogP contribution in [0.3, 0.4) is 0 Å². The lowest BCUT2D eigenvalue weighted by Gasteiger charge is -2.43. The molecule has 0 unspecified atom stereocenters. The Hall–Kier alpha value is -1.13. The van der Waals surface area contributed by atoms with E-state index < -0.39 is 0 Å². The summed E-state index contributed by atoms with van der Waals surface area (Å²) >= 11 is 0. The van der Waals surface area contributed by atoms with E-state index in [0.29, 0.717) is 13.2 Å². The van der Waals surface area contributed by atoms with Gasteiger partial charge in [0.1, 0.15) is 17.2 Å². The lowest BCUT2D eigenvalue weighted by Crippen LogP contribution is -2.47. The van der Waals surface area contributed by atoms with E-state index in [1.54, 1.807) is 6.07 Å². The first-order chi connectivity index (χ1) is 8.19. The fourth-order valence-electron chi connectivity index (χ4n) is 2.74. The van der Waals surface area contributed by atoms with Gasteiger partial charge in [-0.3, -0.25) is 0 Å². The topological polar surface area (TPSA) is 44.5 Å². The van der Waals surface area contributed by atoms with Gasteiger partial charge in [0.2, 0.25) is 0 Å². The predicted molar refractivity (Wildman–Crippen MR) is 61.4 cm³/mol. The van der Waals surface area contributed by atoms with Crippen LogP contribution < -0.4 is 10.5 Å². The van der Waals surface area contributed by atoms with Crippen molar-refractivity contribution in [2.45, 2.75) is 30.9 Å². The molecular formula is C13H16FNO2. The van der Waals surface area contributed by atoms with Gasteiger partial charge in [-0.1, -0.05) is 0 Å². The molecule has 0 bridgehead atoms. The van der Waals surface area contributed by atoms with Crippen LogP contribution in [0.4, 0.5) is 4.39 Å². The Kier molecular flexibility index (Phi) is 2.56. The average Bonchev–Trinajstić information content (AvgIpc) is 2.31. The summed E-state index contributed by atoms with van der Waals surface area (Å²) in [7, 11) is 0. The average molecular weight is 237 g/mol. The van der Waals surface area contributed by atoms with Crippen molar-refractivity contribution in [1.29, 1.82) is 0 Å². The molecule has 92 valence electrons. The second kappa shape index (κ2) is 3.96. The highest BCUT2D eigenvalue weighted by atomic mass is 19.1. The molecule has 0 radical (unpaired) electrons. The van der Waals surface area contributed by atoms with Crippen molar-refractivity contribution in [3.63, 3.8) is 0 Å². The molecule has 3 nitrogen and oxygen atoms in total. The summed E-state index contributed by atoms with van der Waals surface area (Å²) in [6.07, 6.45) is 2.46. The van der Waals surface area contributed by atoms with E-state index >= 15 is 0 Å². The van der Waals surface area contributed by atoms with Crippen LogP contribution in [0.2, 0.25) is 0 Å². The second-order valence-corrected chi connectivity index (χ2v) is 4.89. The van der Waals surface area contributed by atoms with Crippen LogP contribution in [0.1, 0.15) is 30.9 Å². The molecule has 1 aromatic rings. The maximum Gasteiger partial charge on any atom is 0.125 e. The monoisotopic (exact) mass is 237 g/mol. The molecule has 2 heterocycles. The van der Waals surface area contributed by atoms with Gasteiger partial charge in [-0.15, -0.1) is 0 Å². The van der Waals surface area contributed by atoms with E-state index in [-0.39, 0.29) is 17.5 Å². The van der Waals surface area contributed by atoms with Crippen LogP contribution in [0.25, 0.3) is 0 Å². The van der Waals surface area contributed by atoms with Crippen LogP contribution in [0, 0.1) is 5.82 Å². The third kappa shape index (κ3) is 1.91. The maximum atomic E-state index is 13.2. The third-order valence-electron chi connectivity index (χ3n) is 3.69. The molecule has 0 aliphatic carbocycles. The first kappa shape index (κ1) is 11.0. The Morgan fingerprint density at radius 2 is 2.06 bits per heavy atom. The Morgan fingerprint density at radius 1 is 1.29 bits per heavy atom. The number of benzene rings is 1. The Morgan fingerprint density at radius 3 is 2.82 bits per heavy atom. The van der Waals surface area contributed by atoms with Crippen molar-refractivity contribution in [2.75, 3.05) is 13.2 Å². The first-order valence-electron chi connectivity index (χ1n) is 6.00. The molecule has 1 saturated heterocycles. The fraction of sp³-hybridized carbons (Fsp3) is 0.538. The second-order valence-electron chi connectivity index (χ2n) is 4.89. The van der Waals surface area contributed by atoms with E-state index in [0.717, 1.165) is 30.6 Å². The minimum absolute atomic E-state index is 0.146. The number of fused-ring (bicyclic) bond motifs is 1. The molecule has 0 saturated carbocycles. The van der Waals surface area contributed by atoms with Crippen LogP contribution >= 0.6 is 0 Å². The van der Waals surface area contributed by atoms with Crippen molar-refractivity contribution < 1.29 is 13.9 Å². The van der Waals surface area contributed by atoms with Crippen molar-refractivity contribution in [3.05, 3.63) is 29.6 Å². The zero-order valence-corrected chi connectivity index (χ0v) is 9.62. The first-order valence-corrected chi connectivity index (χ1v) is 6.00. The summed E-state index contributed by atoms with van der Waals surface area (Å²) in [4.78, 5) is 0. The highest BCUT2D eigenvalue weighted by molar-refractivity contribution is 5.39. The fourth-order valence-corrected chi connectivity index (χ4v) is 2.74. The number of halogens is 1. The molecule has 4 heteroatoms. The highest BCUT2D eigenvalue weighted by Crippen LogP contribution is 2.43.